The van der Waals surface area contributed by atoms with Gasteiger partial charge in [-0.05, 0) is 56.5 Å². The first-order chi connectivity index (χ1) is 12.2. The van der Waals surface area contributed by atoms with Crippen LogP contribution >= 0.6 is 0 Å². The van der Waals surface area contributed by atoms with Crippen molar-refractivity contribution in [2.45, 2.75) is 58.2 Å². The van der Waals surface area contributed by atoms with Gasteiger partial charge >= 0.3 is 0 Å². The van der Waals surface area contributed by atoms with Crippen LogP contribution in [0.25, 0.3) is 0 Å². The van der Waals surface area contributed by atoms with E-state index in [1.54, 1.807) is 0 Å². The third-order valence-corrected chi connectivity index (χ3v) is 5.76. The zero-order valence-corrected chi connectivity index (χ0v) is 15.1. The van der Waals surface area contributed by atoms with Crippen LogP contribution in [0.15, 0.2) is 42.5 Å². The van der Waals surface area contributed by atoms with Crippen molar-refractivity contribution in [2.24, 2.45) is 0 Å². The number of hydrogen-bond acceptors (Lipinski definition) is 3. The Morgan fingerprint density at radius 1 is 0.960 bits per heavy atom. The molecule has 1 aliphatic carbocycles. The van der Waals surface area contributed by atoms with E-state index < -0.39 is 0 Å². The molecule has 3 nitrogen and oxygen atoms in total. The summed E-state index contributed by atoms with van der Waals surface area (Å²) in [5, 5.41) is 9.33. The molecule has 1 atom stereocenters. The summed E-state index contributed by atoms with van der Waals surface area (Å²) in [4.78, 5) is 5.03. The SMILES string of the molecule is Cc1ccc(C#N)cc1N1c2ccccc2N(C2CCCCC2)[C@H]1C. The lowest BCUT2D eigenvalue weighted by Gasteiger charge is -2.38. The van der Waals surface area contributed by atoms with Gasteiger partial charge in [-0.25, -0.2) is 0 Å². The van der Waals surface area contributed by atoms with Gasteiger partial charge in [-0.3, -0.25) is 0 Å². The topological polar surface area (TPSA) is 30.3 Å². The zero-order valence-electron chi connectivity index (χ0n) is 15.1. The number of nitrogens with zero attached hydrogens (tertiary/aromatic N) is 3. The summed E-state index contributed by atoms with van der Waals surface area (Å²) in [6, 6.07) is 17.6. The molecule has 0 unspecified atom stereocenters. The Kier molecular flexibility index (Phi) is 4.13. The molecule has 4 rings (SSSR count). The quantitative estimate of drug-likeness (QED) is 0.727. The first kappa shape index (κ1) is 16.0. The summed E-state index contributed by atoms with van der Waals surface area (Å²) in [6.45, 7) is 4.43. The molecule has 0 radical (unpaired) electrons. The molecular formula is C22H25N3. The predicted octanol–water partition coefficient (Wildman–Crippen LogP) is 5.50. The highest BCUT2D eigenvalue weighted by Gasteiger charge is 2.38. The average molecular weight is 331 g/mol. The molecule has 1 fully saturated rings. The highest BCUT2D eigenvalue weighted by Crippen LogP contribution is 2.47. The Hall–Kier alpha value is -2.47. The van der Waals surface area contributed by atoms with E-state index >= 15 is 0 Å². The minimum absolute atomic E-state index is 0.271. The minimum atomic E-state index is 0.271. The maximum atomic E-state index is 9.33. The number of fused-ring (bicyclic) bond motifs is 1. The minimum Gasteiger partial charge on any atom is -0.346 e. The molecule has 0 spiro atoms. The Morgan fingerprint density at radius 3 is 2.40 bits per heavy atom. The molecular weight excluding hydrogens is 306 g/mol. The van der Waals surface area contributed by atoms with Gasteiger partial charge in [0.05, 0.1) is 23.0 Å². The van der Waals surface area contributed by atoms with E-state index in [4.69, 9.17) is 0 Å². The molecule has 1 saturated carbocycles. The van der Waals surface area contributed by atoms with E-state index in [1.807, 2.05) is 12.1 Å². The van der Waals surface area contributed by atoms with Crippen LogP contribution in [0.1, 0.15) is 50.2 Å². The smallest absolute Gasteiger partial charge is 0.104 e. The lowest BCUT2D eigenvalue weighted by Crippen LogP contribution is -2.45. The van der Waals surface area contributed by atoms with E-state index in [1.165, 1.54) is 49.0 Å². The average Bonchev–Trinajstić information content (AvgIpc) is 2.95. The van der Waals surface area contributed by atoms with E-state index in [2.05, 4.69) is 60.0 Å². The van der Waals surface area contributed by atoms with Gasteiger partial charge in [-0.2, -0.15) is 5.26 Å². The number of benzene rings is 2. The zero-order chi connectivity index (χ0) is 17.4. The summed E-state index contributed by atoms with van der Waals surface area (Å²) in [6.07, 6.45) is 6.87. The molecule has 25 heavy (non-hydrogen) atoms. The van der Waals surface area contributed by atoms with Gasteiger partial charge in [-0.1, -0.05) is 37.5 Å². The second-order valence-electron chi connectivity index (χ2n) is 7.30. The van der Waals surface area contributed by atoms with Crippen LogP contribution in [-0.4, -0.2) is 12.2 Å². The summed E-state index contributed by atoms with van der Waals surface area (Å²) in [5.41, 5.74) is 5.69. The first-order valence-electron chi connectivity index (χ1n) is 9.38. The predicted molar refractivity (Wildman–Crippen MR) is 103 cm³/mol. The number of nitriles is 1. The number of para-hydroxylation sites is 2. The summed E-state index contributed by atoms with van der Waals surface area (Å²) in [7, 11) is 0. The Bertz CT molecular complexity index is 814. The second kappa shape index (κ2) is 6.44. The number of aryl methyl sites for hydroxylation is 1. The van der Waals surface area contributed by atoms with Crippen LogP contribution in [0, 0.1) is 18.3 Å². The molecule has 0 aromatic heterocycles. The molecule has 1 aliphatic heterocycles. The van der Waals surface area contributed by atoms with Crippen molar-refractivity contribution in [3.05, 3.63) is 53.6 Å². The Morgan fingerprint density at radius 2 is 1.68 bits per heavy atom. The number of rotatable bonds is 2. The van der Waals surface area contributed by atoms with Gasteiger partial charge in [0.2, 0.25) is 0 Å². The molecule has 128 valence electrons. The van der Waals surface area contributed by atoms with Gasteiger partial charge in [0.15, 0.2) is 0 Å². The molecule has 2 aromatic rings. The fourth-order valence-corrected chi connectivity index (χ4v) is 4.54. The van der Waals surface area contributed by atoms with Crippen molar-refractivity contribution in [1.82, 2.24) is 0 Å². The normalized spacial score (nSPS) is 20.4. The van der Waals surface area contributed by atoms with Gasteiger partial charge in [0, 0.05) is 11.7 Å². The van der Waals surface area contributed by atoms with Crippen molar-refractivity contribution in [3.8, 4) is 6.07 Å². The lowest BCUT2D eigenvalue weighted by atomic mass is 9.93. The van der Waals surface area contributed by atoms with Crippen LogP contribution in [0.5, 0.6) is 0 Å². The second-order valence-corrected chi connectivity index (χ2v) is 7.30. The molecule has 2 aromatic carbocycles. The van der Waals surface area contributed by atoms with Gasteiger partial charge in [-0.15, -0.1) is 0 Å². The largest absolute Gasteiger partial charge is 0.346 e. The fourth-order valence-electron chi connectivity index (χ4n) is 4.54. The summed E-state index contributed by atoms with van der Waals surface area (Å²) < 4.78 is 0. The first-order valence-corrected chi connectivity index (χ1v) is 9.38. The standard InChI is InChI=1S/C22H25N3/c1-16-12-13-18(15-23)14-22(16)25-17(2)24(19-8-4-3-5-9-19)20-10-6-7-11-21(20)25/h6-7,10-14,17,19H,3-5,8-9H2,1-2H3/t17-/m1/s1. The molecule has 3 heteroatoms. The highest BCUT2D eigenvalue weighted by atomic mass is 15.4. The van der Waals surface area contributed by atoms with E-state index in [9.17, 15) is 5.26 Å². The summed E-state index contributed by atoms with van der Waals surface area (Å²) >= 11 is 0. The monoisotopic (exact) mass is 331 g/mol. The highest BCUT2D eigenvalue weighted by molar-refractivity contribution is 5.85. The van der Waals surface area contributed by atoms with Crippen molar-refractivity contribution < 1.29 is 0 Å². The van der Waals surface area contributed by atoms with Crippen LogP contribution in [-0.2, 0) is 0 Å². The Labute approximate surface area is 150 Å². The third-order valence-electron chi connectivity index (χ3n) is 5.76. The van der Waals surface area contributed by atoms with E-state index in [0.717, 1.165) is 11.3 Å². The molecule has 1 heterocycles. The molecule has 0 saturated heterocycles. The van der Waals surface area contributed by atoms with Crippen molar-refractivity contribution in [1.29, 1.82) is 5.26 Å². The van der Waals surface area contributed by atoms with Gasteiger partial charge < -0.3 is 9.80 Å². The van der Waals surface area contributed by atoms with Crippen LogP contribution in [0.2, 0.25) is 0 Å². The molecule has 0 amide bonds. The third kappa shape index (κ3) is 2.66. The van der Waals surface area contributed by atoms with Crippen molar-refractivity contribution in [3.63, 3.8) is 0 Å². The molecule has 0 bridgehead atoms. The summed E-state index contributed by atoms with van der Waals surface area (Å²) in [5.74, 6) is 0. The van der Waals surface area contributed by atoms with Crippen LogP contribution in [0.4, 0.5) is 17.1 Å². The Balaban J connectivity index is 1.80. The number of hydrogen-bond donors (Lipinski definition) is 0. The van der Waals surface area contributed by atoms with Gasteiger partial charge in [0.25, 0.3) is 0 Å². The maximum absolute atomic E-state index is 9.33. The van der Waals surface area contributed by atoms with E-state index in [0.29, 0.717) is 6.04 Å². The van der Waals surface area contributed by atoms with Crippen molar-refractivity contribution in [2.75, 3.05) is 9.80 Å². The van der Waals surface area contributed by atoms with E-state index in [-0.39, 0.29) is 6.17 Å². The maximum Gasteiger partial charge on any atom is 0.104 e. The number of anilines is 3. The van der Waals surface area contributed by atoms with Gasteiger partial charge in [0.1, 0.15) is 6.17 Å². The lowest BCUT2D eigenvalue weighted by molar-refractivity contribution is 0.400. The molecule has 2 aliphatic rings. The van der Waals surface area contributed by atoms with Crippen molar-refractivity contribution >= 4 is 17.1 Å². The van der Waals surface area contributed by atoms with Crippen LogP contribution in [0.3, 0.4) is 0 Å². The fraction of sp³-hybridized carbons (Fsp3) is 0.409. The van der Waals surface area contributed by atoms with Crippen LogP contribution < -0.4 is 9.80 Å². The molecule has 0 N–H and O–H groups in total.